The Morgan fingerprint density at radius 3 is 1.57 bits per heavy atom. The van der Waals surface area contributed by atoms with Crippen LogP contribution in [0.1, 0.15) is 0 Å². The van der Waals surface area contributed by atoms with Crippen LogP contribution in [0.15, 0.2) is 83.8 Å². The molecule has 0 radical (unpaired) electrons. The quantitative estimate of drug-likeness (QED) is 0.242. The van der Waals surface area contributed by atoms with Gasteiger partial charge in [0.25, 0.3) is 0 Å². The molecule has 0 unspecified atom stereocenters. The second kappa shape index (κ2) is 4.74. The van der Waals surface area contributed by atoms with E-state index in [1.54, 1.807) is 0 Å². The van der Waals surface area contributed by atoms with Crippen LogP contribution in [0.3, 0.4) is 0 Å². The lowest BCUT2D eigenvalue weighted by atomic mass is 9.97. The van der Waals surface area contributed by atoms with Crippen molar-refractivity contribution in [3.8, 4) is 0 Å². The molecule has 108 valence electrons. The Hall–Kier alpha value is -2.51. The molecule has 0 fully saturated rings. The van der Waals surface area contributed by atoms with E-state index in [0.717, 1.165) is 4.90 Å². The second-order valence-corrected chi connectivity index (χ2v) is 6.58. The van der Waals surface area contributed by atoms with E-state index in [1.807, 2.05) is 6.07 Å². The number of rotatable bonds is 0. The largest absolute Gasteiger partial charge is 0.143 e. The fourth-order valence-corrected chi connectivity index (χ4v) is 3.73. The standard InChI is InChI=1S/C22H14S/c23-22-7-3-6-16-10-19-11-17-8-14-4-1-2-5-15(14)9-18(17)12-20(19)13-21(16)22/h1-13,23H. The first-order valence-corrected chi connectivity index (χ1v) is 8.21. The van der Waals surface area contributed by atoms with E-state index in [0.29, 0.717) is 0 Å². The zero-order valence-corrected chi connectivity index (χ0v) is 13.3. The number of benzene rings is 5. The Morgan fingerprint density at radius 2 is 0.913 bits per heavy atom. The third kappa shape index (κ3) is 2.01. The summed E-state index contributed by atoms with van der Waals surface area (Å²) in [6, 6.07) is 28.4. The minimum Gasteiger partial charge on any atom is -0.143 e. The fourth-order valence-electron chi connectivity index (χ4n) is 3.45. The molecule has 0 saturated carbocycles. The average Bonchev–Trinajstić information content (AvgIpc) is 2.57. The number of hydrogen-bond acceptors (Lipinski definition) is 1. The van der Waals surface area contributed by atoms with E-state index in [2.05, 4.69) is 85.4 Å². The van der Waals surface area contributed by atoms with Gasteiger partial charge >= 0.3 is 0 Å². The molecule has 23 heavy (non-hydrogen) atoms. The molecule has 1 heteroatoms. The third-order valence-electron chi connectivity index (χ3n) is 4.63. The van der Waals surface area contributed by atoms with Crippen LogP contribution in [0, 0.1) is 0 Å². The van der Waals surface area contributed by atoms with Gasteiger partial charge in [0.1, 0.15) is 0 Å². The van der Waals surface area contributed by atoms with Crippen molar-refractivity contribution in [1.82, 2.24) is 0 Å². The Kier molecular flexibility index (Phi) is 2.67. The molecule has 0 bridgehead atoms. The topological polar surface area (TPSA) is 0 Å². The molecule has 0 N–H and O–H groups in total. The normalized spacial score (nSPS) is 11.7. The number of hydrogen-bond donors (Lipinski definition) is 1. The van der Waals surface area contributed by atoms with E-state index in [4.69, 9.17) is 0 Å². The molecule has 5 aromatic rings. The lowest BCUT2D eigenvalue weighted by Gasteiger charge is -2.08. The molecule has 5 aromatic carbocycles. The van der Waals surface area contributed by atoms with Crippen molar-refractivity contribution in [3.05, 3.63) is 78.9 Å². The molecule has 5 rings (SSSR count). The van der Waals surface area contributed by atoms with E-state index < -0.39 is 0 Å². The highest BCUT2D eigenvalue weighted by Crippen LogP contribution is 2.31. The zero-order valence-electron chi connectivity index (χ0n) is 12.5. The number of thiol groups is 1. The van der Waals surface area contributed by atoms with Gasteiger partial charge in [0.15, 0.2) is 0 Å². The summed E-state index contributed by atoms with van der Waals surface area (Å²) in [5.74, 6) is 0. The summed E-state index contributed by atoms with van der Waals surface area (Å²) in [5, 5.41) is 10.1. The lowest BCUT2D eigenvalue weighted by molar-refractivity contribution is 1.57. The Balaban J connectivity index is 1.93. The van der Waals surface area contributed by atoms with Crippen molar-refractivity contribution in [2.45, 2.75) is 4.90 Å². The third-order valence-corrected chi connectivity index (χ3v) is 5.02. The summed E-state index contributed by atoms with van der Waals surface area (Å²) in [5.41, 5.74) is 0. The first-order valence-electron chi connectivity index (χ1n) is 7.76. The van der Waals surface area contributed by atoms with Crippen LogP contribution in [-0.4, -0.2) is 0 Å². The molecule has 0 spiro atoms. The van der Waals surface area contributed by atoms with Gasteiger partial charge in [0, 0.05) is 4.90 Å². The SMILES string of the molecule is Sc1cccc2cc3cc4cc5ccccc5cc4cc3cc12. The van der Waals surface area contributed by atoms with Gasteiger partial charge in [0.05, 0.1) is 0 Å². The maximum atomic E-state index is 4.60. The minimum atomic E-state index is 1.03. The lowest BCUT2D eigenvalue weighted by Crippen LogP contribution is -1.81. The highest BCUT2D eigenvalue weighted by atomic mass is 32.1. The first kappa shape index (κ1) is 13.0. The smallest absolute Gasteiger partial charge is 0.0119 e. The highest BCUT2D eigenvalue weighted by molar-refractivity contribution is 7.80. The monoisotopic (exact) mass is 310 g/mol. The van der Waals surface area contributed by atoms with Gasteiger partial charge in [-0.1, -0.05) is 36.4 Å². The molecule has 0 heterocycles. The predicted molar refractivity (Wildman–Crippen MR) is 104 cm³/mol. The summed E-state index contributed by atoms with van der Waals surface area (Å²) in [4.78, 5) is 1.03. The molecule has 0 amide bonds. The second-order valence-electron chi connectivity index (χ2n) is 6.10. The summed E-state index contributed by atoms with van der Waals surface area (Å²) in [6.07, 6.45) is 0. The molecule has 0 saturated heterocycles. The van der Waals surface area contributed by atoms with Crippen molar-refractivity contribution in [3.63, 3.8) is 0 Å². The van der Waals surface area contributed by atoms with Crippen LogP contribution in [-0.2, 0) is 0 Å². The Morgan fingerprint density at radius 1 is 0.435 bits per heavy atom. The van der Waals surface area contributed by atoms with Crippen LogP contribution in [0.25, 0.3) is 43.1 Å². The van der Waals surface area contributed by atoms with Crippen molar-refractivity contribution < 1.29 is 0 Å². The molecule has 0 aromatic heterocycles. The molecule has 0 aliphatic carbocycles. The summed E-state index contributed by atoms with van der Waals surface area (Å²) >= 11 is 4.60. The van der Waals surface area contributed by atoms with Gasteiger partial charge in [-0.3, -0.25) is 0 Å². The van der Waals surface area contributed by atoms with E-state index in [-0.39, 0.29) is 0 Å². The van der Waals surface area contributed by atoms with Crippen molar-refractivity contribution in [2.75, 3.05) is 0 Å². The van der Waals surface area contributed by atoms with Crippen molar-refractivity contribution in [2.24, 2.45) is 0 Å². The van der Waals surface area contributed by atoms with E-state index in [9.17, 15) is 0 Å². The van der Waals surface area contributed by atoms with Gasteiger partial charge in [-0.25, -0.2) is 0 Å². The van der Waals surface area contributed by atoms with Crippen molar-refractivity contribution >= 4 is 55.7 Å². The zero-order chi connectivity index (χ0) is 15.4. The molecular formula is C22H14S. The van der Waals surface area contributed by atoms with Crippen LogP contribution < -0.4 is 0 Å². The molecule has 0 atom stereocenters. The average molecular weight is 310 g/mol. The highest BCUT2D eigenvalue weighted by Gasteiger charge is 2.04. The maximum absolute atomic E-state index is 4.60. The van der Waals surface area contributed by atoms with Crippen LogP contribution >= 0.6 is 12.6 Å². The molecular weight excluding hydrogens is 296 g/mol. The van der Waals surface area contributed by atoms with Gasteiger partial charge in [-0.15, -0.1) is 12.6 Å². The van der Waals surface area contributed by atoms with Crippen LogP contribution in [0.2, 0.25) is 0 Å². The van der Waals surface area contributed by atoms with E-state index in [1.165, 1.54) is 43.1 Å². The van der Waals surface area contributed by atoms with Crippen molar-refractivity contribution in [1.29, 1.82) is 0 Å². The summed E-state index contributed by atoms with van der Waals surface area (Å²) < 4.78 is 0. The molecule has 0 aliphatic rings. The summed E-state index contributed by atoms with van der Waals surface area (Å²) in [7, 11) is 0. The molecule has 0 nitrogen and oxygen atoms in total. The van der Waals surface area contributed by atoms with Gasteiger partial charge in [0.2, 0.25) is 0 Å². The fraction of sp³-hybridized carbons (Fsp3) is 0. The molecule has 0 aliphatic heterocycles. The summed E-state index contributed by atoms with van der Waals surface area (Å²) in [6.45, 7) is 0. The Bertz CT molecular complexity index is 1220. The van der Waals surface area contributed by atoms with E-state index >= 15 is 0 Å². The minimum absolute atomic E-state index is 1.03. The van der Waals surface area contributed by atoms with Crippen LogP contribution in [0.5, 0.6) is 0 Å². The Labute approximate surface area is 139 Å². The van der Waals surface area contributed by atoms with Crippen LogP contribution in [0.4, 0.5) is 0 Å². The van der Waals surface area contributed by atoms with Gasteiger partial charge in [-0.05, 0) is 85.6 Å². The number of fused-ring (bicyclic) bond motifs is 4. The first-order chi connectivity index (χ1) is 11.3. The van der Waals surface area contributed by atoms with Gasteiger partial charge < -0.3 is 0 Å². The predicted octanol–water partition coefficient (Wildman–Crippen LogP) is 6.59. The van der Waals surface area contributed by atoms with Gasteiger partial charge in [-0.2, -0.15) is 0 Å². The maximum Gasteiger partial charge on any atom is 0.0119 e.